The molecule has 2 heterocycles. The van der Waals surface area contributed by atoms with Crippen LogP contribution in [0.5, 0.6) is 5.75 Å². The normalized spacial score (nSPS) is 20.7. The largest absolute Gasteiger partial charge is 0.494 e. The van der Waals surface area contributed by atoms with E-state index in [0.29, 0.717) is 38.5 Å². The highest BCUT2D eigenvalue weighted by Crippen LogP contribution is 2.39. The summed E-state index contributed by atoms with van der Waals surface area (Å²) >= 11 is 0. The van der Waals surface area contributed by atoms with Gasteiger partial charge in [0.1, 0.15) is 22.9 Å². The number of carbonyl (C=O) groups is 2. The molecule has 2 aromatic carbocycles. The van der Waals surface area contributed by atoms with Crippen molar-refractivity contribution in [2.75, 3.05) is 26.0 Å². The fourth-order valence-corrected chi connectivity index (χ4v) is 6.38. The smallest absolute Gasteiger partial charge is 0.211 e. The fourth-order valence-electron chi connectivity index (χ4n) is 5.51. The minimum absolute atomic E-state index is 0.0108. The van der Waals surface area contributed by atoms with Crippen LogP contribution in [0.25, 0.3) is 21.7 Å². The van der Waals surface area contributed by atoms with Gasteiger partial charge in [0.15, 0.2) is 0 Å². The number of Topliss-reactive ketones (excluding diaryl/α,β-unsaturated/α-hetero) is 2. The van der Waals surface area contributed by atoms with E-state index in [0.717, 1.165) is 58.7 Å². The number of carbonyl (C=O) groups excluding carboxylic acids is 2. The number of fused-ring (bicyclic) bond motifs is 3. The molecule has 2 aliphatic rings. The number of hydrogen-bond donors (Lipinski definition) is 0. The van der Waals surface area contributed by atoms with Crippen molar-refractivity contribution in [2.45, 2.75) is 50.9 Å². The third kappa shape index (κ3) is 5.14. The lowest BCUT2D eigenvalue weighted by atomic mass is 9.81. The van der Waals surface area contributed by atoms with Crippen LogP contribution in [0.2, 0.25) is 0 Å². The van der Waals surface area contributed by atoms with Gasteiger partial charge in [-0.3, -0.25) is 9.59 Å². The summed E-state index contributed by atoms with van der Waals surface area (Å²) in [5.74, 6) is 1.04. The van der Waals surface area contributed by atoms with Gasteiger partial charge < -0.3 is 9.15 Å². The van der Waals surface area contributed by atoms with Gasteiger partial charge in [-0.25, -0.2) is 12.7 Å². The molecule has 1 saturated heterocycles. The van der Waals surface area contributed by atoms with Gasteiger partial charge in [-0.05, 0) is 73.1 Å². The van der Waals surface area contributed by atoms with E-state index in [-0.39, 0.29) is 23.9 Å². The van der Waals surface area contributed by atoms with Gasteiger partial charge in [-0.2, -0.15) is 0 Å². The molecule has 1 aromatic heterocycles. The van der Waals surface area contributed by atoms with Gasteiger partial charge >= 0.3 is 0 Å². The number of benzene rings is 2. The summed E-state index contributed by atoms with van der Waals surface area (Å²) < 4.78 is 36.7. The predicted octanol–water partition coefficient (Wildman–Crippen LogP) is 4.82. The highest BCUT2D eigenvalue weighted by Gasteiger charge is 2.31. The molecule has 0 unspecified atom stereocenters. The highest BCUT2D eigenvalue weighted by molar-refractivity contribution is 7.88. The van der Waals surface area contributed by atoms with Crippen LogP contribution < -0.4 is 4.74 Å². The first-order valence-corrected chi connectivity index (χ1v) is 14.2. The zero-order valence-corrected chi connectivity index (χ0v) is 20.8. The zero-order valence-electron chi connectivity index (χ0n) is 20.0. The summed E-state index contributed by atoms with van der Waals surface area (Å²) in [7, 11) is -3.08. The second-order valence-corrected chi connectivity index (χ2v) is 11.9. The number of sulfonamides is 1. The summed E-state index contributed by atoms with van der Waals surface area (Å²) in [6, 6.07) is 9.91. The number of ketones is 2. The molecule has 1 aliphatic carbocycles. The number of nitrogens with zero attached hydrogens (tertiary/aromatic N) is 1. The van der Waals surface area contributed by atoms with E-state index >= 15 is 0 Å². The Morgan fingerprint density at radius 2 is 1.89 bits per heavy atom. The van der Waals surface area contributed by atoms with E-state index in [1.54, 1.807) is 10.6 Å². The maximum absolute atomic E-state index is 12.5. The number of ether oxygens (including phenoxy) is 1. The number of furan rings is 1. The van der Waals surface area contributed by atoms with Crippen molar-refractivity contribution in [3.63, 3.8) is 0 Å². The maximum Gasteiger partial charge on any atom is 0.211 e. The molecule has 3 aromatic rings. The lowest BCUT2D eigenvalue weighted by molar-refractivity contribution is -0.130. The van der Waals surface area contributed by atoms with Crippen LogP contribution in [0, 0.1) is 5.92 Å². The number of rotatable bonds is 7. The van der Waals surface area contributed by atoms with Crippen LogP contribution >= 0.6 is 0 Å². The lowest BCUT2D eigenvalue weighted by Gasteiger charge is -2.30. The average Bonchev–Trinajstić information content (AvgIpc) is 3.26. The first-order valence-electron chi connectivity index (χ1n) is 12.4. The molecule has 8 heteroatoms. The molecule has 0 radical (unpaired) electrons. The first kappa shape index (κ1) is 24.0. The molecule has 7 nitrogen and oxygen atoms in total. The van der Waals surface area contributed by atoms with Crippen molar-refractivity contribution in [3.8, 4) is 5.75 Å². The van der Waals surface area contributed by atoms with E-state index in [4.69, 9.17) is 9.15 Å². The van der Waals surface area contributed by atoms with Crippen LogP contribution in [-0.2, 0) is 19.6 Å². The quantitative estimate of drug-likeness (QED) is 0.343. The Morgan fingerprint density at radius 1 is 1.09 bits per heavy atom. The van der Waals surface area contributed by atoms with E-state index in [1.165, 1.54) is 6.26 Å². The second kappa shape index (κ2) is 9.74. The third-order valence-corrected chi connectivity index (χ3v) is 8.77. The molecule has 186 valence electrons. The Morgan fingerprint density at radius 3 is 2.63 bits per heavy atom. The summed E-state index contributed by atoms with van der Waals surface area (Å²) in [5, 5.41) is 2.98. The number of piperidine rings is 1. The van der Waals surface area contributed by atoms with Crippen LogP contribution in [-0.4, -0.2) is 50.2 Å². The predicted molar refractivity (Wildman–Crippen MR) is 134 cm³/mol. The first-order chi connectivity index (χ1) is 16.8. The Kier molecular flexibility index (Phi) is 6.68. The molecule has 0 amide bonds. The molecule has 1 atom stereocenters. The molecule has 5 rings (SSSR count). The van der Waals surface area contributed by atoms with Gasteiger partial charge in [0.25, 0.3) is 0 Å². The van der Waals surface area contributed by atoms with Crippen molar-refractivity contribution in [2.24, 2.45) is 5.92 Å². The molecule has 2 fully saturated rings. The molecule has 0 N–H and O–H groups in total. The lowest BCUT2D eigenvalue weighted by Crippen LogP contribution is -2.37. The summed E-state index contributed by atoms with van der Waals surface area (Å²) in [6.45, 7) is 1.84. The van der Waals surface area contributed by atoms with Crippen molar-refractivity contribution in [1.82, 2.24) is 4.31 Å². The van der Waals surface area contributed by atoms with E-state index in [1.807, 2.05) is 30.3 Å². The van der Waals surface area contributed by atoms with Gasteiger partial charge in [0.05, 0.1) is 25.5 Å². The van der Waals surface area contributed by atoms with E-state index < -0.39 is 10.0 Å². The number of hydrogen-bond acceptors (Lipinski definition) is 6. The van der Waals surface area contributed by atoms with Gasteiger partial charge in [0.2, 0.25) is 10.0 Å². The Hall–Kier alpha value is -2.71. The monoisotopic (exact) mass is 497 g/mol. The van der Waals surface area contributed by atoms with Crippen molar-refractivity contribution >= 4 is 43.3 Å². The van der Waals surface area contributed by atoms with Crippen molar-refractivity contribution in [3.05, 3.63) is 42.2 Å². The average molecular weight is 498 g/mol. The van der Waals surface area contributed by atoms with Crippen LogP contribution in [0.4, 0.5) is 0 Å². The van der Waals surface area contributed by atoms with Gasteiger partial charge in [-0.15, -0.1) is 0 Å². The molecule has 1 aliphatic heterocycles. The minimum atomic E-state index is -3.08. The second-order valence-electron chi connectivity index (χ2n) is 9.88. The minimum Gasteiger partial charge on any atom is -0.494 e. The Balaban J connectivity index is 1.23. The van der Waals surface area contributed by atoms with Crippen LogP contribution in [0.15, 0.2) is 41.0 Å². The van der Waals surface area contributed by atoms with Gasteiger partial charge in [-0.1, -0.05) is 6.07 Å². The van der Waals surface area contributed by atoms with Crippen molar-refractivity contribution in [1.29, 1.82) is 0 Å². The van der Waals surface area contributed by atoms with Crippen LogP contribution in [0.3, 0.4) is 0 Å². The molecule has 1 saturated carbocycles. The van der Waals surface area contributed by atoms with Crippen LogP contribution in [0.1, 0.15) is 56.4 Å². The molecular weight excluding hydrogens is 466 g/mol. The van der Waals surface area contributed by atoms with Gasteiger partial charge in [0, 0.05) is 36.4 Å². The SMILES string of the molecule is CS(=O)(=O)N1CCC(CCCOc2ccc3c(ccc4occ([C@H]5CCC(=O)CC5=O)c43)c2)CC1. The molecular formula is C27H31NO6S. The topological polar surface area (TPSA) is 93.9 Å². The fraction of sp³-hybridized carbons (Fsp3) is 0.481. The zero-order chi connectivity index (χ0) is 24.6. The Labute approximate surface area is 205 Å². The standard InChI is InChI=1S/C27H31NO6S/c1-35(31,32)28-12-10-18(11-13-28)3-2-14-33-21-6-8-22-19(15-21)4-9-26-27(22)24(17-34-26)23-7-5-20(29)16-25(23)30/h4,6,8-9,15,17-18,23H,2-3,5,7,10-14,16H2,1H3/t23-/m1/s1. The van der Waals surface area contributed by atoms with E-state index in [9.17, 15) is 18.0 Å². The molecule has 0 bridgehead atoms. The van der Waals surface area contributed by atoms with Crippen molar-refractivity contribution < 1.29 is 27.2 Å². The highest BCUT2D eigenvalue weighted by atomic mass is 32.2. The maximum atomic E-state index is 12.5. The molecule has 35 heavy (non-hydrogen) atoms. The summed E-state index contributed by atoms with van der Waals surface area (Å²) in [6.07, 6.45) is 7.70. The summed E-state index contributed by atoms with van der Waals surface area (Å²) in [4.78, 5) is 24.2. The Bertz CT molecular complexity index is 1370. The van der Waals surface area contributed by atoms with E-state index in [2.05, 4.69) is 0 Å². The third-order valence-electron chi connectivity index (χ3n) is 7.47. The summed E-state index contributed by atoms with van der Waals surface area (Å²) in [5.41, 5.74) is 1.62. The molecule has 0 spiro atoms.